The molecule has 0 saturated carbocycles. The Bertz CT molecular complexity index is 738. The Kier molecular flexibility index (Phi) is 4.56. The van der Waals surface area contributed by atoms with Crippen molar-refractivity contribution in [1.29, 1.82) is 0 Å². The van der Waals surface area contributed by atoms with Crippen molar-refractivity contribution in [2.24, 2.45) is 0 Å². The maximum atomic E-state index is 13.9. The predicted octanol–water partition coefficient (Wildman–Crippen LogP) is 3.44. The highest BCUT2D eigenvalue weighted by Crippen LogP contribution is 2.34. The number of fused-ring (bicyclic) bond motifs is 1. The minimum absolute atomic E-state index is 0.128. The normalized spacial score (nSPS) is 22.1. The Hall–Kier alpha value is -1.79. The largest absolute Gasteiger partial charge is 0.387 e. The molecule has 4 nitrogen and oxygen atoms in total. The van der Waals surface area contributed by atoms with Gasteiger partial charge in [0.2, 0.25) is 0 Å². The molecule has 0 unspecified atom stereocenters. The summed E-state index contributed by atoms with van der Waals surface area (Å²) >= 11 is 0. The van der Waals surface area contributed by atoms with Gasteiger partial charge in [0.05, 0.1) is 17.8 Å². The van der Waals surface area contributed by atoms with Gasteiger partial charge >= 0.3 is 0 Å². The van der Waals surface area contributed by atoms with E-state index in [1.54, 1.807) is 0 Å². The molecule has 1 aromatic carbocycles. The number of aryl methyl sites for hydroxylation is 2. The van der Waals surface area contributed by atoms with Gasteiger partial charge in [-0.3, -0.25) is 4.90 Å². The number of rotatable bonds is 4. The maximum Gasteiger partial charge on any atom is 0.131 e. The molecule has 1 aliphatic carbocycles. The molecule has 2 atom stereocenters. The quantitative estimate of drug-likeness (QED) is 0.891. The van der Waals surface area contributed by atoms with E-state index in [0.717, 1.165) is 44.1 Å². The lowest BCUT2D eigenvalue weighted by molar-refractivity contribution is 0.101. The zero-order chi connectivity index (χ0) is 17.4. The van der Waals surface area contributed by atoms with E-state index in [0.29, 0.717) is 6.54 Å². The fourth-order valence-corrected chi connectivity index (χ4v) is 4.08. The second kappa shape index (κ2) is 6.84. The van der Waals surface area contributed by atoms with E-state index < -0.39 is 17.7 Å². The number of aliphatic hydroxyl groups is 1. The Morgan fingerprint density at radius 1 is 1.24 bits per heavy atom. The molecule has 0 amide bonds. The van der Waals surface area contributed by atoms with E-state index in [9.17, 15) is 13.9 Å². The molecule has 2 aromatic rings. The van der Waals surface area contributed by atoms with Crippen LogP contribution in [0.2, 0.25) is 0 Å². The minimum Gasteiger partial charge on any atom is -0.387 e. The van der Waals surface area contributed by atoms with E-state index in [2.05, 4.69) is 9.88 Å². The second-order valence-corrected chi connectivity index (χ2v) is 7.09. The summed E-state index contributed by atoms with van der Waals surface area (Å²) in [5, 5.41) is 10.4. The number of aromatic amines is 1. The SMILES string of the molecule is O[C@@H](CN1CCC[C@@H]1c1nc2c([nH]1)CCCC2)c1ccc(F)cc1F. The summed E-state index contributed by atoms with van der Waals surface area (Å²) in [7, 11) is 0. The smallest absolute Gasteiger partial charge is 0.131 e. The summed E-state index contributed by atoms with van der Waals surface area (Å²) in [4.78, 5) is 10.4. The number of aliphatic hydroxyl groups excluding tert-OH is 1. The lowest BCUT2D eigenvalue weighted by Gasteiger charge is -2.26. The van der Waals surface area contributed by atoms with Gasteiger partial charge in [0.15, 0.2) is 0 Å². The van der Waals surface area contributed by atoms with Crippen molar-refractivity contribution in [3.05, 3.63) is 52.6 Å². The van der Waals surface area contributed by atoms with Crippen molar-refractivity contribution in [2.45, 2.75) is 50.7 Å². The van der Waals surface area contributed by atoms with Gasteiger partial charge in [0, 0.05) is 23.9 Å². The molecule has 2 aliphatic rings. The molecule has 25 heavy (non-hydrogen) atoms. The van der Waals surface area contributed by atoms with Crippen LogP contribution in [0, 0.1) is 11.6 Å². The van der Waals surface area contributed by atoms with Gasteiger partial charge in [-0.25, -0.2) is 13.8 Å². The zero-order valence-electron chi connectivity index (χ0n) is 14.1. The molecule has 1 aliphatic heterocycles. The molecule has 1 fully saturated rings. The average molecular weight is 347 g/mol. The first-order valence-corrected chi connectivity index (χ1v) is 9.06. The number of nitrogens with zero attached hydrogens (tertiary/aromatic N) is 2. The van der Waals surface area contributed by atoms with Crippen LogP contribution in [-0.2, 0) is 12.8 Å². The third-order valence-corrected chi connectivity index (χ3v) is 5.38. The first-order chi connectivity index (χ1) is 12.1. The van der Waals surface area contributed by atoms with Crippen LogP contribution in [-0.4, -0.2) is 33.1 Å². The van der Waals surface area contributed by atoms with Crippen molar-refractivity contribution >= 4 is 0 Å². The Morgan fingerprint density at radius 2 is 2.08 bits per heavy atom. The standard InChI is InChI=1S/C19H23F2N3O/c20-12-7-8-13(14(21)10-12)18(25)11-24-9-3-6-17(24)19-22-15-4-1-2-5-16(15)23-19/h7-8,10,17-18,25H,1-6,9,11H2,(H,22,23)/t17-,18+/m1/s1. The Morgan fingerprint density at radius 3 is 2.88 bits per heavy atom. The van der Waals surface area contributed by atoms with Crippen LogP contribution in [0.15, 0.2) is 18.2 Å². The number of H-pyrrole nitrogens is 1. The molecule has 1 saturated heterocycles. The fourth-order valence-electron chi connectivity index (χ4n) is 4.08. The predicted molar refractivity (Wildman–Crippen MR) is 90.1 cm³/mol. The molecule has 0 spiro atoms. The second-order valence-electron chi connectivity index (χ2n) is 7.09. The number of imidazole rings is 1. The first-order valence-electron chi connectivity index (χ1n) is 9.06. The summed E-state index contributed by atoms with van der Waals surface area (Å²) in [6, 6.07) is 3.46. The van der Waals surface area contributed by atoms with Gasteiger partial charge < -0.3 is 10.1 Å². The first kappa shape index (κ1) is 16.7. The van der Waals surface area contributed by atoms with Crippen LogP contribution >= 0.6 is 0 Å². The third kappa shape index (κ3) is 3.33. The highest BCUT2D eigenvalue weighted by molar-refractivity contribution is 5.22. The lowest BCUT2D eigenvalue weighted by atomic mass is 10.0. The van der Waals surface area contributed by atoms with Crippen LogP contribution in [0.4, 0.5) is 8.78 Å². The number of hydrogen-bond acceptors (Lipinski definition) is 3. The summed E-state index contributed by atoms with van der Waals surface area (Å²) in [6.45, 7) is 1.16. The molecule has 6 heteroatoms. The van der Waals surface area contributed by atoms with Gasteiger partial charge in [0.1, 0.15) is 17.5 Å². The third-order valence-electron chi connectivity index (χ3n) is 5.38. The number of likely N-dealkylation sites (tertiary alicyclic amines) is 1. The van der Waals surface area contributed by atoms with Crippen molar-refractivity contribution in [2.75, 3.05) is 13.1 Å². The van der Waals surface area contributed by atoms with Crippen LogP contribution in [0.3, 0.4) is 0 Å². The van der Waals surface area contributed by atoms with Crippen LogP contribution in [0.1, 0.15) is 60.6 Å². The highest BCUT2D eigenvalue weighted by atomic mass is 19.1. The minimum atomic E-state index is -0.981. The fraction of sp³-hybridized carbons (Fsp3) is 0.526. The zero-order valence-corrected chi connectivity index (χ0v) is 14.1. The van der Waals surface area contributed by atoms with Crippen molar-refractivity contribution in [3.8, 4) is 0 Å². The summed E-state index contributed by atoms with van der Waals surface area (Å²) in [6.07, 6.45) is 5.49. The number of halogens is 2. The summed E-state index contributed by atoms with van der Waals surface area (Å²) in [5.41, 5.74) is 2.57. The van der Waals surface area contributed by atoms with E-state index in [-0.39, 0.29) is 11.6 Å². The summed E-state index contributed by atoms with van der Waals surface area (Å²) in [5.74, 6) is -0.360. The number of hydrogen-bond donors (Lipinski definition) is 2. The Labute approximate surface area is 145 Å². The number of aromatic nitrogens is 2. The molecular formula is C19H23F2N3O. The molecule has 1 aromatic heterocycles. The van der Waals surface area contributed by atoms with Crippen LogP contribution in [0.5, 0.6) is 0 Å². The van der Waals surface area contributed by atoms with Crippen LogP contribution in [0.25, 0.3) is 0 Å². The monoisotopic (exact) mass is 347 g/mol. The number of benzene rings is 1. The number of nitrogens with one attached hydrogen (secondary N) is 1. The van der Waals surface area contributed by atoms with Crippen molar-refractivity contribution < 1.29 is 13.9 Å². The topological polar surface area (TPSA) is 52.1 Å². The number of β-amino-alcohol motifs (C(OH)–C–C–N with tert-alkyl or cyclic N) is 1. The molecule has 2 heterocycles. The molecule has 134 valence electrons. The van der Waals surface area contributed by atoms with E-state index >= 15 is 0 Å². The molecule has 0 bridgehead atoms. The average Bonchev–Trinajstić information content (AvgIpc) is 3.20. The van der Waals surface area contributed by atoms with Crippen molar-refractivity contribution in [1.82, 2.24) is 14.9 Å². The van der Waals surface area contributed by atoms with E-state index in [1.807, 2.05) is 0 Å². The molecule has 4 rings (SSSR count). The lowest BCUT2D eigenvalue weighted by Crippen LogP contribution is -2.29. The van der Waals surface area contributed by atoms with E-state index in [4.69, 9.17) is 4.98 Å². The van der Waals surface area contributed by atoms with Gasteiger partial charge in [-0.15, -0.1) is 0 Å². The molecule has 0 radical (unpaired) electrons. The van der Waals surface area contributed by atoms with Crippen LogP contribution < -0.4 is 0 Å². The van der Waals surface area contributed by atoms with Gasteiger partial charge in [-0.05, 0) is 51.1 Å². The van der Waals surface area contributed by atoms with Gasteiger partial charge in [0.25, 0.3) is 0 Å². The molecular weight excluding hydrogens is 324 g/mol. The highest BCUT2D eigenvalue weighted by Gasteiger charge is 2.31. The Balaban J connectivity index is 1.50. The maximum absolute atomic E-state index is 13.9. The molecule has 2 N–H and O–H groups in total. The van der Waals surface area contributed by atoms with Gasteiger partial charge in [-0.2, -0.15) is 0 Å². The van der Waals surface area contributed by atoms with Crippen molar-refractivity contribution in [3.63, 3.8) is 0 Å². The van der Waals surface area contributed by atoms with Gasteiger partial charge in [-0.1, -0.05) is 6.07 Å². The van der Waals surface area contributed by atoms with E-state index in [1.165, 1.54) is 36.4 Å². The summed E-state index contributed by atoms with van der Waals surface area (Å²) < 4.78 is 27.0.